The summed E-state index contributed by atoms with van der Waals surface area (Å²) in [5, 5.41) is 0. The van der Waals surface area contributed by atoms with Gasteiger partial charge in [0.25, 0.3) is 0 Å². The van der Waals surface area contributed by atoms with E-state index in [1.54, 1.807) is 6.26 Å². The number of amides is 1. The number of hydrogen-bond donors (Lipinski definition) is 1. The topological polar surface area (TPSA) is 68.7 Å². The van der Waals surface area contributed by atoms with Gasteiger partial charge in [-0.1, -0.05) is 0 Å². The Labute approximate surface area is 101 Å². The van der Waals surface area contributed by atoms with Crippen molar-refractivity contribution in [1.82, 2.24) is 4.90 Å². The lowest BCUT2D eigenvalue weighted by Crippen LogP contribution is -2.48. The van der Waals surface area contributed by atoms with Crippen LogP contribution in [0.4, 0.5) is 0 Å². The van der Waals surface area contributed by atoms with Crippen LogP contribution in [-0.4, -0.2) is 43.2 Å². The highest BCUT2D eigenvalue weighted by Gasteiger charge is 2.22. The standard InChI is InChI=1S/C12H18N2O3/c13-8-11-9-14(5-7-17-11)12(15)4-3-10-2-1-6-16-10/h1-2,6,11H,3-5,7-9,13H2. The van der Waals surface area contributed by atoms with Crippen LogP contribution < -0.4 is 5.73 Å². The minimum Gasteiger partial charge on any atom is -0.469 e. The second-order valence-electron chi connectivity index (χ2n) is 4.15. The Morgan fingerprint density at radius 2 is 2.47 bits per heavy atom. The van der Waals surface area contributed by atoms with Gasteiger partial charge in [0.05, 0.1) is 19.0 Å². The Morgan fingerprint density at radius 3 is 3.18 bits per heavy atom. The molecule has 1 saturated heterocycles. The molecule has 2 heterocycles. The number of carbonyl (C=O) groups is 1. The molecule has 1 amide bonds. The Hall–Kier alpha value is -1.33. The molecule has 1 unspecified atom stereocenters. The van der Waals surface area contributed by atoms with Gasteiger partial charge in [-0.3, -0.25) is 4.79 Å². The first-order valence-electron chi connectivity index (χ1n) is 5.91. The number of aryl methyl sites for hydroxylation is 1. The third kappa shape index (κ3) is 3.31. The summed E-state index contributed by atoms with van der Waals surface area (Å²) in [5.74, 6) is 0.991. The summed E-state index contributed by atoms with van der Waals surface area (Å²) in [4.78, 5) is 13.8. The third-order valence-corrected chi connectivity index (χ3v) is 2.92. The molecule has 94 valence electrons. The maximum absolute atomic E-state index is 11.9. The van der Waals surface area contributed by atoms with E-state index in [0.717, 1.165) is 5.76 Å². The molecule has 2 rings (SSSR count). The number of hydrogen-bond acceptors (Lipinski definition) is 4. The molecule has 0 saturated carbocycles. The van der Waals surface area contributed by atoms with Crippen molar-refractivity contribution in [3.05, 3.63) is 24.2 Å². The smallest absolute Gasteiger partial charge is 0.223 e. The number of morpholine rings is 1. The van der Waals surface area contributed by atoms with Crippen LogP contribution in [0.25, 0.3) is 0 Å². The van der Waals surface area contributed by atoms with Gasteiger partial charge in [-0.2, -0.15) is 0 Å². The van der Waals surface area contributed by atoms with E-state index in [4.69, 9.17) is 14.9 Å². The van der Waals surface area contributed by atoms with E-state index in [-0.39, 0.29) is 12.0 Å². The first kappa shape index (κ1) is 12.1. The summed E-state index contributed by atoms with van der Waals surface area (Å²) in [7, 11) is 0. The van der Waals surface area contributed by atoms with Gasteiger partial charge in [0, 0.05) is 32.5 Å². The van der Waals surface area contributed by atoms with E-state index in [1.807, 2.05) is 17.0 Å². The first-order valence-corrected chi connectivity index (χ1v) is 5.91. The molecule has 1 fully saturated rings. The molecule has 5 heteroatoms. The van der Waals surface area contributed by atoms with Crippen LogP contribution in [0.1, 0.15) is 12.2 Å². The average Bonchev–Trinajstić information content (AvgIpc) is 2.89. The zero-order valence-corrected chi connectivity index (χ0v) is 9.80. The zero-order valence-electron chi connectivity index (χ0n) is 9.80. The highest BCUT2D eigenvalue weighted by molar-refractivity contribution is 5.76. The van der Waals surface area contributed by atoms with Crippen molar-refractivity contribution in [2.45, 2.75) is 18.9 Å². The minimum atomic E-state index is -0.0173. The molecule has 0 aromatic carbocycles. The molecule has 1 aliphatic heterocycles. The number of furan rings is 1. The van der Waals surface area contributed by atoms with Crippen molar-refractivity contribution in [3.63, 3.8) is 0 Å². The molecular formula is C12H18N2O3. The quantitative estimate of drug-likeness (QED) is 0.824. The predicted octanol–water partition coefficient (Wildman–Crippen LogP) is 0.398. The second kappa shape index (κ2) is 5.84. The van der Waals surface area contributed by atoms with Gasteiger partial charge in [-0.25, -0.2) is 0 Å². The predicted molar refractivity (Wildman–Crippen MR) is 62.4 cm³/mol. The molecule has 0 bridgehead atoms. The normalized spacial score (nSPS) is 20.5. The Balaban J connectivity index is 1.79. The Bertz CT molecular complexity index is 351. The third-order valence-electron chi connectivity index (χ3n) is 2.92. The summed E-state index contributed by atoms with van der Waals surface area (Å²) >= 11 is 0. The summed E-state index contributed by atoms with van der Waals surface area (Å²) in [6, 6.07) is 3.72. The maximum Gasteiger partial charge on any atom is 0.223 e. The lowest BCUT2D eigenvalue weighted by Gasteiger charge is -2.32. The SMILES string of the molecule is NCC1CN(C(=O)CCc2ccco2)CCO1. The highest BCUT2D eigenvalue weighted by Crippen LogP contribution is 2.09. The number of nitrogens with zero attached hydrogens (tertiary/aromatic N) is 1. The fourth-order valence-corrected chi connectivity index (χ4v) is 1.93. The van der Waals surface area contributed by atoms with Crippen molar-refractivity contribution in [1.29, 1.82) is 0 Å². The van der Waals surface area contributed by atoms with Crippen LogP contribution in [0, 0.1) is 0 Å². The largest absolute Gasteiger partial charge is 0.469 e. The van der Waals surface area contributed by atoms with Crippen molar-refractivity contribution in [2.75, 3.05) is 26.2 Å². The van der Waals surface area contributed by atoms with E-state index in [9.17, 15) is 4.79 Å². The average molecular weight is 238 g/mol. The Morgan fingerprint density at radius 1 is 1.59 bits per heavy atom. The number of carbonyl (C=O) groups excluding carboxylic acids is 1. The fraction of sp³-hybridized carbons (Fsp3) is 0.583. The molecule has 5 nitrogen and oxygen atoms in total. The van der Waals surface area contributed by atoms with E-state index in [0.29, 0.717) is 39.1 Å². The monoisotopic (exact) mass is 238 g/mol. The van der Waals surface area contributed by atoms with Crippen molar-refractivity contribution < 1.29 is 13.9 Å². The molecule has 1 aromatic heterocycles. The van der Waals surface area contributed by atoms with Crippen molar-refractivity contribution in [3.8, 4) is 0 Å². The lowest BCUT2D eigenvalue weighted by atomic mass is 10.2. The number of ether oxygens (including phenoxy) is 1. The molecule has 1 atom stereocenters. The van der Waals surface area contributed by atoms with Gasteiger partial charge in [0.2, 0.25) is 5.91 Å². The van der Waals surface area contributed by atoms with Crippen LogP contribution in [0.5, 0.6) is 0 Å². The molecule has 0 aliphatic carbocycles. The van der Waals surface area contributed by atoms with Crippen LogP contribution >= 0.6 is 0 Å². The Kier molecular flexibility index (Phi) is 4.17. The van der Waals surface area contributed by atoms with E-state index in [1.165, 1.54) is 0 Å². The zero-order chi connectivity index (χ0) is 12.1. The molecule has 17 heavy (non-hydrogen) atoms. The van der Waals surface area contributed by atoms with Gasteiger partial charge in [-0.15, -0.1) is 0 Å². The summed E-state index contributed by atoms with van der Waals surface area (Å²) in [6.45, 7) is 2.30. The summed E-state index contributed by atoms with van der Waals surface area (Å²) in [5.41, 5.74) is 5.54. The van der Waals surface area contributed by atoms with Crippen LogP contribution in [0.3, 0.4) is 0 Å². The highest BCUT2D eigenvalue weighted by atomic mass is 16.5. The number of rotatable bonds is 4. The summed E-state index contributed by atoms with van der Waals surface area (Å²) in [6.07, 6.45) is 2.73. The van der Waals surface area contributed by atoms with Crippen LogP contribution in [0.2, 0.25) is 0 Å². The van der Waals surface area contributed by atoms with E-state index in [2.05, 4.69) is 0 Å². The van der Waals surface area contributed by atoms with E-state index >= 15 is 0 Å². The van der Waals surface area contributed by atoms with Gasteiger partial charge in [-0.05, 0) is 12.1 Å². The van der Waals surface area contributed by atoms with Gasteiger partial charge >= 0.3 is 0 Å². The van der Waals surface area contributed by atoms with Crippen LogP contribution in [-0.2, 0) is 16.0 Å². The second-order valence-corrected chi connectivity index (χ2v) is 4.15. The fourth-order valence-electron chi connectivity index (χ4n) is 1.93. The minimum absolute atomic E-state index is 0.0173. The molecular weight excluding hydrogens is 220 g/mol. The van der Waals surface area contributed by atoms with Gasteiger partial charge in [0.1, 0.15) is 5.76 Å². The van der Waals surface area contributed by atoms with E-state index < -0.39 is 0 Å². The molecule has 0 spiro atoms. The van der Waals surface area contributed by atoms with Crippen LogP contribution in [0.15, 0.2) is 22.8 Å². The molecule has 2 N–H and O–H groups in total. The molecule has 0 radical (unpaired) electrons. The maximum atomic E-state index is 11.9. The van der Waals surface area contributed by atoms with Gasteiger partial charge < -0.3 is 19.8 Å². The van der Waals surface area contributed by atoms with Crippen molar-refractivity contribution in [2.24, 2.45) is 5.73 Å². The lowest BCUT2D eigenvalue weighted by molar-refractivity contribution is -0.138. The summed E-state index contributed by atoms with van der Waals surface area (Å²) < 4.78 is 10.6. The molecule has 1 aliphatic rings. The number of nitrogens with two attached hydrogens (primary N) is 1. The van der Waals surface area contributed by atoms with Gasteiger partial charge in [0.15, 0.2) is 0 Å². The van der Waals surface area contributed by atoms with Crippen molar-refractivity contribution >= 4 is 5.91 Å². The molecule has 1 aromatic rings. The first-order chi connectivity index (χ1) is 8.29.